The number of rotatable bonds is 1. The highest BCUT2D eigenvalue weighted by Crippen LogP contribution is 2.42. The van der Waals surface area contributed by atoms with Crippen LogP contribution in [0.25, 0.3) is 5.70 Å². The number of halogens is 3. The Labute approximate surface area is 162 Å². The minimum absolute atomic E-state index is 0.171. The van der Waals surface area contributed by atoms with Gasteiger partial charge in [-0.3, -0.25) is 0 Å². The molecule has 1 fully saturated rings. The third kappa shape index (κ3) is 3.30. The summed E-state index contributed by atoms with van der Waals surface area (Å²) in [5, 5.41) is 5.50. The van der Waals surface area contributed by atoms with Crippen LogP contribution in [-0.2, 0) is 0 Å². The summed E-state index contributed by atoms with van der Waals surface area (Å²) in [5.74, 6) is 0.492. The van der Waals surface area contributed by atoms with E-state index in [0.29, 0.717) is 25.5 Å². The molecule has 0 amide bonds. The maximum Gasteiger partial charge on any atom is 0.431 e. The van der Waals surface area contributed by atoms with E-state index in [0.717, 1.165) is 41.2 Å². The fourth-order valence-corrected chi connectivity index (χ4v) is 3.84. The zero-order valence-electron chi connectivity index (χ0n) is 16.3. The molecule has 5 nitrogen and oxygen atoms in total. The number of alkyl halides is 3. The lowest BCUT2D eigenvalue weighted by Crippen LogP contribution is -2.52. The summed E-state index contributed by atoms with van der Waals surface area (Å²) in [6, 6.07) is 5.92. The van der Waals surface area contributed by atoms with Gasteiger partial charge in [-0.2, -0.15) is 23.3 Å². The number of hydrogen-bond donors (Lipinski definition) is 0. The van der Waals surface area contributed by atoms with E-state index in [1.54, 1.807) is 0 Å². The Morgan fingerprint density at radius 3 is 2.46 bits per heavy atom. The van der Waals surface area contributed by atoms with Crippen molar-refractivity contribution in [3.8, 4) is 0 Å². The van der Waals surface area contributed by atoms with Gasteiger partial charge in [0.25, 0.3) is 0 Å². The van der Waals surface area contributed by atoms with Gasteiger partial charge in [0.15, 0.2) is 0 Å². The van der Waals surface area contributed by atoms with E-state index in [1.807, 2.05) is 44.0 Å². The second-order valence-corrected chi connectivity index (χ2v) is 7.56. The number of fused-ring (bicyclic) bond motifs is 3. The monoisotopic (exact) mass is 391 g/mol. The lowest BCUT2D eigenvalue weighted by atomic mass is 9.94. The third-order valence-corrected chi connectivity index (χ3v) is 5.51. The Kier molecular flexibility index (Phi) is 4.69. The quantitative estimate of drug-likeness (QED) is 0.726. The van der Waals surface area contributed by atoms with Crippen LogP contribution in [0.3, 0.4) is 0 Å². The fourth-order valence-electron chi connectivity index (χ4n) is 3.84. The van der Waals surface area contributed by atoms with Gasteiger partial charge in [0.05, 0.1) is 11.4 Å². The number of allylic oxidation sites excluding steroid dienone is 1. The first kappa shape index (κ1) is 19.0. The van der Waals surface area contributed by atoms with Crippen LogP contribution >= 0.6 is 0 Å². The van der Waals surface area contributed by atoms with Crippen LogP contribution in [0.1, 0.15) is 30.9 Å². The van der Waals surface area contributed by atoms with Crippen molar-refractivity contribution in [1.82, 2.24) is 14.8 Å². The molecule has 150 valence electrons. The molecule has 0 aromatic heterocycles. The number of aliphatic imine (C=N–C) groups is 1. The van der Waals surface area contributed by atoms with Crippen LogP contribution in [0.5, 0.6) is 0 Å². The average Bonchev–Trinajstić information content (AvgIpc) is 2.66. The summed E-state index contributed by atoms with van der Waals surface area (Å²) < 4.78 is 40.7. The van der Waals surface area contributed by atoms with Crippen molar-refractivity contribution in [2.75, 3.05) is 33.2 Å². The standard InChI is InChI=1S/C20H24F3N5/c1-4-14-12-17(20(21,22)23)25-28-18(14)15-11-13(2)5-6-16(15)24-19(28)27-9-7-26(3)8-10-27/h5-6,11H,4,7-10,12H2,1-3H3. The summed E-state index contributed by atoms with van der Waals surface area (Å²) in [6.45, 7) is 6.96. The van der Waals surface area contributed by atoms with Gasteiger partial charge in [-0.1, -0.05) is 18.6 Å². The molecule has 1 aromatic carbocycles. The van der Waals surface area contributed by atoms with Gasteiger partial charge >= 0.3 is 6.18 Å². The molecule has 3 aliphatic heterocycles. The topological polar surface area (TPSA) is 34.4 Å². The predicted molar refractivity (Wildman–Crippen MR) is 105 cm³/mol. The van der Waals surface area contributed by atoms with Crippen LogP contribution in [-0.4, -0.2) is 65.9 Å². The maximum absolute atomic E-state index is 13.6. The molecule has 1 saturated heterocycles. The predicted octanol–water partition coefficient (Wildman–Crippen LogP) is 3.99. The van der Waals surface area contributed by atoms with Crippen molar-refractivity contribution in [1.29, 1.82) is 0 Å². The minimum Gasteiger partial charge on any atom is -0.338 e. The molecule has 0 atom stereocenters. The maximum atomic E-state index is 13.6. The molecule has 3 heterocycles. The molecule has 0 aliphatic carbocycles. The highest BCUT2D eigenvalue weighted by atomic mass is 19.4. The molecule has 0 spiro atoms. The number of nitrogens with zero attached hydrogens (tertiary/aromatic N) is 5. The van der Waals surface area contributed by atoms with E-state index in [2.05, 4.69) is 10.0 Å². The van der Waals surface area contributed by atoms with E-state index < -0.39 is 11.9 Å². The van der Waals surface area contributed by atoms with E-state index >= 15 is 0 Å². The summed E-state index contributed by atoms with van der Waals surface area (Å²) in [4.78, 5) is 8.99. The SMILES string of the molecule is CCC1=C2c3cc(C)ccc3N=C(N3CCN(C)CC3)N2N=C(C(F)(F)F)C1. The van der Waals surface area contributed by atoms with Gasteiger partial charge in [-0.15, -0.1) is 0 Å². The molecule has 0 saturated carbocycles. The average molecular weight is 391 g/mol. The summed E-state index contributed by atoms with van der Waals surface area (Å²) in [7, 11) is 2.04. The van der Waals surface area contributed by atoms with Gasteiger partial charge in [-0.25, -0.2) is 4.99 Å². The van der Waals surface area contributed by atoms with Gasteiger partial charge in [0.2, 0.25) is 5.96 Å². The van der Waals surface area contributed by atoms with Gasteiger partial charge in [0.1, 0.15) is 5.71 Å². The van der Waals surface area contributed by atoms with Gasteiger partial charge in [0, 0.05) is 38.2 Å². The lowest BCUT2D eigenvalue weighted by Gasteiger charge is -2.41. The molecular weight excluding hydrogens is 367 g/mol. The second kappa shape index (κ2) is 6.92. The number of guanidine groups is 1. The van der Waals surface area contributed by atoms with Crippen LogP contribution in [0, 0.1) is 6.92 Å². The molecule has 0 bridgehead atoms. The Balaban J connectivity index is 1.87. The van der Waals surface area contributed by atoms with E-state index in [1.165, 1.54) is 5.01 Å². The molecule has 0 N–H and O–H groups in total. The van der Waals surface area contributed by atoms with Crippen LogP contribution < -0.4 is 0 Å². The number of hydrazone groups is 1. The van der Waals surface area contributed by atoms with Gasteiger partial charge < -0.3 is 9.80 Å². The minimum atomic E-state index is -4.45. The summed E-state index contributed by atoms with van der Waals surface area (Å²) in [5.41, 5.74) is 3.45. The first-order valence-electron chi connectivity index (χ1n) is 9.58. The normalized spacial score (nSPS) is 20.6. The Hall–Kier alpha value is -2.35. The zero-order valence-corrected chi connectivity index (χ0v) is 16.3. The summed E-state index contributed by atoms with van der Waals surface area (Å²) in [6.07, 6.45) is -4.09. The molecule has 28 heavy (non-hydrogen) atoms. The van der Waals surface area contributed by atoms with E-state index in [9.17, 15) is 13.2 Å². The zero-order chi connectivity index (χ0) is 20.1. The number of likely N-dealkylation sites (N-methyl/N-ethyl adjacent to an activating group) is 1. The highest BCUT2D eigenvalue weighted by Gasteiger charge is 2.42. The summed E-state index contributed by atoms with van der Waals surface area (Å²) >= 11 is 0. The Bertz CT molecular complexity index is 876. The van der Waals surface area contributed by atoms with E-state index in [4.69, 9.17) is 4.99 Å². The first-order chi connectivity index (χ1) is 13.3. The third-order valence-electron chi connectivity index (χ3n) is 5.51. The van der Waals surface area contributed by atoms with Crippen molar-refractivity contribution in [3.05, 3.63) is 34.9 Å². The molecule has 8 heteroatoms. The molecule has 0 radical (unpaired) electrons. The molecule has 4 rings (SSSR count). The van der Waals surface area contributed by atoms with E-state index in [-0.39, 0.29) is 6.42 Å². The van der Waals surface area contributed by atoms with Crippen molar-refractivity contribution < 1.29 is 13.2 Å². The highest BCUT2D eigenvalue weighted by molar-refractivity contribution is 6.03. The van der Waals surface area contributed by atoms with Crippen LogP contribution in [0.4, 0.5) is 18.9 Å². The van der Waals surface area contributed by atoms with Crippen LogP contribution in [0.2, 0.25) is 0 Å². The van der Waals surface area contributed by atoms with Gasteiger partial charge in [-0.05, 0) is 38.1 Å². The van der Waals surface area contributed by atoms with Crippen molar-refractivity contribution in [3.63, 3.8) is 0 Å². The Morgan fingerprint density at radius 2 is 1.82 bits per heavy atom. The number of hydrogen-bond acceptors (Lipinski definition) is 5. The molecular formula is C20H24F3N5. The lowest BCUT2D eigenvalue weighted by molar-refractivity contribution is -0.0612. The molecule has 0 unspecified atom stereocenters. The molecule has 3 aliphatic rings. The number of benzene rings is 1. The Morgan fingerprint density at radius 1 is 1.11 bits per heavy atom. The molecule has 1 aromatic rings. The second-order valence-electron chi connectivity index (χ2n) is 7.56. The van der Waals surface area contributed by atoms with Crippen molar-refractivity contribution >= 4 is 23.1 Å². The first-order valence-corrected chi connectivity index (χ1v) is 9.58. The van der Waals surface area contributed by atoms with Crippen molar-refractivity contribution in [2.24, 2.45) is 10.1 Å². The largest absolute Gasteiger partial charge is 0.431 e. The number of aryl methyl sites for hydroxylation is 1. The fraction of sp³-hybridized carbons (Fsp3) is 0.500. The smallest absolute Gasteiger partial charge is 0.338 e. The van der Waals surface area contributed by atoms with Crippen LogP contribution in [0.15, 0.2) is 33.9 Å². The van der Waals surface area contributed by atoms with Crippen molar-refractivity contribution in [2.45, 2.75) is 32.9 Å². The number of piperazine rings is 1.